The lowest BCUT2D eigenvalue weighted by molar-refractivity contribution is -0.0698. The van der Waals surface area contributed by atoms with E-state index in [1.165, 1.54) is 51.4 Å². The van der Waals surface area contributed by atoms with Crippen LogP contribution in [0.4, 0.5) is 8.78 Å². The minimum absolute atomic E-state index is 0.0933. The van der Waals surface area contributed by atoms with E-state index in [-0.39, 0.29) is 6.61 Å². The Balaban J connectivity index is 1.34. The predicted molar refractivity (Wildman–Crippen MR) is 197 cm³/mol. The van der Waals surface area contributed by atoms with Crippen molar-refractivity contribution in [3.8, 4) is 0 Å². The van der Waals surface area contributed by atoms with Crippen LogP contribution in [0, 0.1) is 0 Å². The number of H-pyrrole nitrogens is 2. The second-order valence-electron chi connectivity index (χ2n) is 14.7. The number of halogens is 2. The van der Waals surface area contributed by atoms with Gasteiger partial charge in [-0.15, -0.1) is 0 Å². The maximum Gasteiger partial charge on any atom is 0.474 e. The normalized spacial score (nSPS) is 29.1. The van der Waals surface area contributed by atoms with Gasteiger partial charge in [0, 0.05) is 24.5 Å². The quantitative estimate of drug-likeness (QED) is 0.0840. The Bertz CT molecular complexity index is 1670. The summed E-state index contributed by atoms with van der Waals surface area (Å²) in [6, 6.07) is 1.95. The molecule has 2 aromatic rings. The van der Waals surface area contributed by atoms with Crippen LogP contribution in [0.25, 0.3) is 0 Å². The maximum absolute atomic E-state index is 15.8. The summed E-state index contributed by atoms with van der Waals surface area (Å²) in [6.45, 7) is 2.58. The lowest BCUT2D eigenvalue weighted by atomic mass is 9.98. The summed E-state index contributed by atoms with van der Waals surface area (Å²) >= 11 is 0. The number of nitrogens with zero attached hydrogens (tertiary/aromatic N) is 2. The summed E-state index contributed by atoms with van der Waals surface area (Å²) < 4.78 is 74.8. The fourth-order valence-corrected chi connectivity index (χ4v) is 8.07. The number of aliphatic hydroxyl groups is 2. The molecule has 55 heavy (non-hydrogen) atoms. The zero-order chi connectivity index (χ0) is 40.2. The van der Waals surface area contributed by atoms with Gasteiger partial charge in [0.2, 0.25) is 0 Å². The van der Waals surface area contributed by atoms with E-state index < -0.39 is 91.7 Å². The third kappa shape index (κ3) is 12.1. The summed E-state index contributed by atoms with van der Waals surface area (Å²) in [5.41, 5.74) is -8.57. The van der Waals surface area contributed by atoms with E-state index in [9.17, 15) is 34.0 Å². The molecule has 2 aliphatic heterocycles. The highest BCUT2D eigenvalue weighted by Crippen LogP contribution is 2.52. The number of unbranched alkanes of at least 4 members (excludes halogenated alkanes) is 13. The van der Waals surface area contributed by atoms with Crippen molar-refractivity contribution in [2.24, 2.45) is 0 Å². The summed E-state index contributed by atoms with van der Waals surface area (Å²) in [5, 5.41) is 21.6. The number of phosphoric acid groups is 1. The van der Waals surface area contributed by atoms with Gasteiger partial charge in [0.25, 0.3) is 11.1 Å². The molecule has 2 saturated heterocycles. The first-order valence-electron chi connectivity index (χ1n) is 19.3. The highest BCUT2D eigenvalue weighted by molar-refractivity contribution is 7.48. The van der Waals surface area contributed by atoms with Crippen LogP contribution in [0.1, 0.15) is 123 Å². The molecule has 19 heteroatoms. The SMILES string of the molecule is CCCCCCCCCCCCCCCCOP(=O)(OCC1OC(n2ccc(=O)[nH]c2=O)C(C)(F)C1O)OCC1OC(n2ccc(=O)[nH]c2=O)C(C)(F)C1O. The lowest BCUT2D eigenvalue weighted by Gasteiger charge is -2.25. The van der Waals surface area contributed by atoms with E-state index in [2.05, 4.69) is 6.92 Å². The smallest absolute Gasteiger partial charge is 0.387 e. The molecule has 4 heterocycles. The standard InChI is InChI=1S/C36H57F2N4O12P/c1-4-5-6-7-8-9-10-11-12-13-14-15-16-17-22-50-55(49,51-23-25-29(45)35(2,37)31(53-25)41-20-18-27(43)39-33(41)47)52-24-26-30(46)36(3,38)32(54-26)42-21-19-28(44)40-34(42)48/h18-21,25-26,29-32,45-46H,4-17,22-24H2,1-3H3,(H,39,43,47)(H,40,44,48). The van der Waals surface area contributed by atoms with E-state index in [4.69, 9.17) is 23.0 Å². The molecule has 0 bridgehead atoms. The van der Waals surface area contributed by atoms with Crippen LogP contribution in [0.2, 0.25) is 0 Å². The molecule has 0 amide bonds. The van der Waals surface area contributed by atoms with E-state index in [1.807, 2.05) is 9.97 Å². The van der Waals surface area contributed by atoms with E-state index in [0.29, 0.717) is 6.42 Å². The van der Waals surface area contributed by atoms with Crippen LogP contribution >= 0.6 is 7.82 Å². The minimum atomic E-state index is -4.62. The number of aliphatic hydroxyl groups excluding tert-OH is 2. The molecule has 4 rings (SSSR count). The Hall–Kier alpha value is -2.83. The predicted octanol–water partition coefficient (Wildman–Crippen LogP) is 4.70. The third-order valence-corrected chi connectivity index (χ3v) is 11.6. The van der Waals surface area contributed by atoms with Crippen molar-refractivity contribution in [2.75, 3.05) is 19.8 Å². The fraction of sp³-hybridized carbons (Fsp3) is 0.778. The number of hydrogen-bond donors (Lipinski definition) is 4. The Kier molecular flexibility index (Phi) is 16.8. The molecule has 0 aliphatic carbocycles. The van der Waals surface area contributed by atoms with Gasteiger partial charge >= 0.3 is 19.2 Å². The second kappa shape index (κ2) is 20.5. The number of hydrogen-bond acceptors (Lipinski definition) is 12. The molecule has 0 aromatic carbocycles. The van der Waals surface area contributed by atoms with Crippen molar-refractivity contribution < 1.29 is 46.6 Å². The Morgan fingerprint density at radius 3 is 1.40 bits per heavy atom. The summed E-state index contributed by atoms with van der Waals surface area (Å²) in [6.07, 6.45) is 7.43. The third-order valence-electron chi connectivity index (χ3n) is 10.2. The molecule has 0 spiro atoms. The van der Waals surface area contributed by atoms with Crippen LogP contribution in [-0.2, 0) is 27.6 Å². The van der Waals surface area contributed by atoms with Gasteiger partial charge in [-0.3, -0.25) is 42.3 Å². The molecule has 8 unspecified atom stereocenters. The average Bonchev–Trinajstić information content (AvgIpc) is 3.49. The topological polar surface area (TPSA) is 213 Å². The van der Waals surface area contributed by atoms with Gasteiger partial charge in [-0.25, -0.2) is 22.9 Å². The molecule has 312 valence electrons. The van der Waals surface area contributed by atoms with Crippen molar-refractivity contribution in [1.29, 1.82) is 0 Å². The summed E-state index contributed by atoms with van der Waals surface area (Å²) in [5.74, 6) is 0. The first-order valence-corrected chi connectivity index (χ1v) is 20.8. The van der Waals surface area contributed by atoms with Gasteiger partial charge in [0.05, 0.1) is 19.8 Å². The molecule has 8 atom stereocenters. The Morgan fingerprint density at radius 2 is 1.04 bits per heavy atom. The fourth-order valence-electron chi connectivity index (χ4n) is 6.84. The molecule has 0 radical (unpaired) electrons. The zero-order valence-corrected chi connectivity index (χ0v) is 32.8. The van der Waals surface area contributed by atoms with Crippen LogP contribution in [0.3, 0.4) is 0 Å². The van der Waals surface area contributed by atoms with Crippen LogP contribution in [0.5, 0.6) is 0 Å². The number of nitrogens with one attached hydrogen (secondary N) is 2. The van der Waals surface area contributed by atoms with E-state index in [1.54, 1.807) is 0 Å². The zero-order valence-electron chi connectivity index (χ0n) is 31.9. The second-order valence-corrected chi connectivity index (χ2v) is 16.4. The molecule has 2 fully saturated rings. The first kappa shape index (κ1) is 44.9. The number of alkyl halides is 2. The molecule has 2 aliphatic rings. The van der Waals surface area contributed by atoms with Gasteiger partial charge in [0.15, 0.2) is 23.8 Å². The first-order chi connectivity index (χ1) is 26.1. The molecule has 2 aromatic heterocycles. The number of ether oxygens (including phenoxy) is 2. The number of aromatic amines is 2. The van der Waals surface area contributed by atoms with Gasteiger partial charge in [-0.2, -0.15) is 0 Å². The van der Waals surface area contributed by atoms with Crippen LogP contribution in [-0.4, -0.2) is 84.9 Å². The summed E-state index contributed by atoms with van der Waals surface area (Å²) in [7, 11) is -4.62. The summed E-state index contributed by atoms with van der Waals surface area (Å²) in [4.78, 5) is 51.8. The van der Waals surface area contributed by atoms with Gasteiger partial charge in [-0.1, -0.05) is 90.4 Å². The highest BCUT2D eigenvalue weighted by Gasteiger charge is 2.57. The monoisotopic (exact) mass is 806 g/mol. The number of aromatic nitrogens is 4. The molecule has 4 N–H and O–H groups in total. The van der Waals surface area contributed by atoms with Gasteiger partial charge in [-0.05, 0) is 20.3 Å². The minimum Gasteiger partial charge on any atom is -0.387 e. The number of rotatable bonds is 24. The van der Waals surface area contributed by atoms with Crippen molar-refractivity contribution in [3.63, 3.8) is 0 Å². The van der Waals surface area contributed by atoms with E-state index in [0.717, 1.165) is 79.6 Å². The molecular formula is C36H57F2N4O12P. The van der Waals surface area contributed by atoms with Gasteiger partial charge in [0.1, 0.15) is 24.4 Å². The average molecular weight is 807 g/mol. The van der Waals surface area contributed by atoms with Crippen LogP contribution < -0.4 is 22.5 Å². The molecular weight excluding hydrogens is 749 g/mol. The largest absolute Gasteiger partial charge is 0.474 e. The number of phosphoric ester groups is 1. The maximum atomic E-state index is 15.8. The Morgan fingerprint density at radius 1 is 0.673 bits per heavy atom. The lowest BCUT2D eigenvalue weighted by Crippen LogP contribution is -2.43. The highest BCUT2D eigenvalue weighted by atomic mass is 31.2. The van der Waals surface area contributed by atoms with Crippen LogP contribution in [0.15, 0.2) is 43.7 Å². The van der Waals surface area contributed by atoms with Crippen molar-refractivity contribution in [3.05, 3.63) is 66.2 Å². The van der Waals surface area contributed by atoms with Crippen molar-refractivity contribution >= 4 is 7.82 Å². The van der Waals surface area contributed by atoms with Crippen molar-refractivity contribution in [2.45, 2.75) is 159 Å². The van der Waals surface area contributed by atoms with Gasteiger partial charge < -0.3 is 19.7 Å². The van der Waals surface area contributed by atoms with Crippen molar-refractivity contribution in [1.82, 2.24) is 19.1 Å². The molecule has 0 saturated carbocycles. The van der Waals surface area contributed by atoms with E-state index >= 15 is 8.78 Å². The molecule has 16 nitrogen and oxygen atoms in total. The Labute approximate surface area is 318 Å².